The van der Waals surface area contributed by atoms with Crippen LogP contribution >= 0.6 is 0 Å². The van der Waals surface area contributed by atoms with Gasteiger partial charge in [0.25, 0.3) is 6.43 Å². The Morgan fingerprint density at radius 1 is 1.50 bits per heavy atom. The first-order chi connectivity index (χ1) is 9.54. The highest BCUT2D eigenvalue weighted by atomic mass is 19.3. The fourth-order valence-corrected chi connectivity index (χ4v) is 2.62. The summed E-state index contributed by atoms with van der Waals surface area (Å²) in [6, 6.07) is 0. The number of nitrogens with zero attached hydrogens (tertiary/aromatic N) is 1. The third-order valence-electron chi connectivity index (χ3n) is 3.91. The van der Waals surface area contributed by atoms with E-state index in [-0.39, 0.29) is 25.0 Å². The average molecular weight is 292 g/mol. The minimum absolute atomic E-state index is 0.194. The SMILES string of the molecule is COCCN(CC(F)F)C(=O)CC(C)C1CCCNC1. The number of amides is 1. The molecule has 2 unspecified atom stereocenters. The van der Waals surface area contributed by atoms with Crippen molar-refractivity contribution >= 4 is 5.91 Å². The van der Waals surface area contributed by atoms with Crippen LogP contribution in [0.1, 0.15) is 26.2 Å². The van der Waals surface area contributed by atoms with Crippen molar-refractivity contribution in [3.63, 3.8) is 0 Å². The van der Waals surface area contributed by atoms with Gasteiger partial charge in [-0.15, -0.1) is 0 Å². The molecule has 0 radical (unpaired) electrons. The maximum atomic E-state index is 12.5. The zero-order valence-electron chi connectivity index (χ0n) is 12.4. The molecule has 1 N–H and O–H groups in total. The van der Waals surface area contributed by atoms with E-state index in [1.165, 1.54) is 12.0 Å². The molecule has 1 aliphatic heterocycles. The van der Waals surface area contributed by atoms with Crippen molar-refractivity contribution in [2.45, 2.75) is 32.6 Å². The first-order valence-electron chi connectivity index (χ1n) is 7.30. The Kier molecular flexibility index (Phi) is 7.99. The molecule has 4 nitrogen and oxygen atoms in total. The number of ether oxygens (including phenoxy) is 1. The number of piperidine rings is 1. The summed E-state index contributed by atoms with van der Waals surface area (Å²) in [5.74, 6) is 0.488. The molecule has 1 aliphatic rings. The van der Waals surface area contributed by atoms with Gasteiger partial charge in [0, 0.05) is 20.1 Å². The highest BCUT2D eigenvalue weighted by Gasteiger charge is 2.25. The van der Waals surface area contributed by atoms with Crippen LogP contribution in [0.25, 0.3) is 0 Å². The van der Waals surface area contributed by atoms with Gasteiger partial charge in [-0.25, -0.2) is 8.78 Å². The maximum Gasteiger partial charge on any atom is 0.255 e. The molecule has 1 amide bonds. The number of alkyl halides is 2. The van der Waals surface area contributed by atoms with Crippen LogP contribution < -0.4 is 5.32 Å². The lowest BCUT2D eigenvalue weighted by atomic mass is 9.85. The summed E-state index contributed by atoms with van der Waals surface area (Å²) in [6.07, 6.45) is 0.0626. The predicted molar refractivity (Wildman–Crippen MR) is 73.8 cm³/mol. The fraction of sp³-hybridized carbons (Fsp3) is 0.929. The van der Waals surface area contributed by atoms with Gasteiger partial charge in [-0.05, 0) is 37.8 Å². The van der Waals surface area contributed by atoms with E-state index >= 15 is 0 Å². The Morgan fingerprint density at radius 3 is 2.80 bits per heavy atom. The van der Waals surface area contributed by atoms with Crippen molar-refractivity contribution in [3.8, 4) is 0 Å². The lowest BCUT2D eigenvalue weighted by molar-refractivity contribution is -0.135. The third-order valence-corrected chi connectivity index (χ3v) is 3.91. The molecule has 118 valence electrons. The zero-order chi connectivity index (χ0) is 15.0. The average Bonchev–Trinajstić information content (AvgIpc) is 2.43. The number of hydrogen-bond donors (Lipinski definition) is 1. The Balaban J connectivity index is 2.46. The van der Waals surface area contributed by atoms with Gasteiger partial charge >= 0.3 is 0 Å². The third kappa shape index (κ3) is 6.13. The number of carbonyl (C=O) groups excluding carboxylic acids is 1. The van der Waals surface area contributed by atoms with Crippen molar-refractivity contribution in [2.24, 2.45) is 11.8 Å². The molecular formula is C14H26F2N2O2. The molecule has 0 spiro atoms. The van der Waals surface area contributed by atoms with E-state index in [4.69, 9.17) is 4.74 Å². The molecule has 1 saturated heterocycles. The molecule has 1 heterocycles. The van der Waals surface area contributed by atoms with Crippen LogP contribution in [0.3, 0.4) is 0 Å². The summed E-state index contributed by atoms with van der Waals surface area (Å²) >= 11 is 0. The highest BCUT2D eigenvalue weighted by molar-refractivity contribution is 5.76. The summed E-state index contributed by atoms with van der Waals surface area (Å²) in [6.45, 7) is 4.00. The van der Waals surface area contributed by atoms with Crippen LogP contribution in [-0.2, 0) is 9.53 Å². The van der Waals surface area contributed by atoms with Crippen LogP contribution in [-0.4, -0.2) is 57.1 Å². The summed E-state index contributed by atoms with van der Waals surface area (Å²) in [7, 11) is 1.50. The second-order valence-corrected chi connectivity index (χ2v) is 5.51. The summed E-state index contributed by atoms with van der Waals surface area (Å²) in [4.78, 5) is 13.4. The number of rotatable bonds is 8. The van der Waals surface area contributed by atoms with Crippen LogP contribution in [0, 0.1) is 11.8 Å². The molecule has 20 heavy (non-hydrogen) atoms. The molecule has 0 aromatic carbocycles. The molecule has 0 aromatic heterocycles. The van der Waals surface area contributed by atoms with Gasteiger partial charge in [0.15, 0.2) is 0 Å². The summed E-state index contributed by atoms with van der Waals surface area (Å²) in [5.41, 5.74) is 0. The Hall–Kier alpha value is -0.750. The van der Waals surface area contributed by atoms with Gasteiger partial charge in [0.05, 0.1) is 13.2 Å². The van der Waals surface area contributed by atoms with E-state index in [0.29, 0.717) is 12.3 Å². The molecule has 0 aromatic rings. The second kappa shape index (κ2) is 9.23. The van der Waals surface area contributed by atoms with Gasteiger partial charge in [-0.3, -0.25) is 4.79 Å². The van der Waals surface area contributed by atoms with E-state index in [0.717, 1.165) is 25.9 Å². The predicted octanol–water partition coefficient (Wildman–Crippen LogP) is 1.75. The number of nitrogens with one attached hydrogen (secondary N) is 1. The van der Waals surface area contributed by atoms with E-state index < -0.39 is 13.0 Å². The van der Waals surface area contributed by atoms with E-state index in [9.17, 15) is 13.6 Å². The molecule has 0 aliphatic carbocycles. The van der Waals surface area contributed by atoms with Gasteiger partial charge in [-0.2, -0.15) is 0 Å². The molecule has 0 saturated carbocycles. The summed E-state index contributed by atoms with van der Waals surface area (Å²) in [5, 5.41) is 3.32. The first kappa shape index (κ1) is 17.3. The van der Waals surface area contributed by atoms with Crippen molar-refractivity contribution in [2.75, 3.05) is 39.9 Å². The molecule has 2 atom stereocenters. The topological polar surface area (TPSA) is 41.6 Å². The summed E-state index contributed by atoms with van der Waals surface area (Å²) < 4.78 is 29.9. The quantitative estimate of drug-likeness (QED) is 0.741. The zero-order valence-corrected chi connectivity index (χ0v) is 12.4. The Morgan fingerprint density at radius 2 is 2.25 bits per heavy atom. The normalized spacial score (nSPS) is 20.9. The standard InChI is InChI=1S/C14H26F2N2O2/c1-11(12-4-3-5-17-9-12)8-14(19)18(6-7-20-2)10-13(15)16/h11-13,17H,3-10H2,1-2H3. The number of carbonyl (C=O) groups is 1. The Bertz CT molecular complexity index is 284. The lowest BCUT2D eigenvalue weighted by Crippen LogP contribution is -2.40. The minimum atomic E-state index is -2.50. The highest BCUT2D eigenvalue weighted by Crippen LogP contribution is 2.23. The maximum absolute atomic E-state index is 12.5. The second-order valence-electron chi connectivity index (χ2n) is 5.51. The van der Waals surface area contributed by atoms with Crippen LogP contribution in [0.15, 0.2) is 0 Å². The van der Waals surface area contributed by atoms with Crippen molar-refractivity contribution in [1.82, 2.24) is 10.2 Å². The van der Waals surface area contributed by atoms with Crippen molar-refractivity contribution < 1.29 is 18.3 Å². The fourth-order valence-electron chi connectivity index (χ4n) is 2.62. The van der Waals surface area contributed by atoms with Crippen LogP contribution in [0.2, 0.25) is 0 Å². The lowest BCUT2D eigenvalue weighted by Gasteiger charge is -2.30. The van der Waals surface area contributed by atoms with Gasteiger partial charge in [0.1, 0.15) is 0 Å². The Labute approximate surface area is 119 Å². The first-order valence-corrected chi connectivity index (χ1v) is 7.30. The van der Waals surface area contributed by atoms with E-state index in [1.54, 1.807) is 0 Å². The number of methoxy groups -OCH3 is 1. The monoisotopic (exact) mass is 292 g/mol. The van der Waals surface area contributed by atoms with Crippen LogP contribution in [0.5, 0.6) is 0 Å². The molecule has 1 rings (SSSR count). The molecule has 0 bridgehead atoms. The van der Waals surface area contributed by atoms with Gasteiger partial charge in [0.2, 0.25) is 5.91 Å². The number of hydrogen-bond acceptors (Lipinski definition) is 3. The minimum Gasteiger partial charge on any atom is -0.383 e. The molecule has 1 fully saturated rings. The molecular weight excluding hydrogens is 266 g/mol. The van der Waals surface area contributed by atoms with Crippen molar-refractivity contribution in [3.05, 3.63) is 0 Å². The van der Waals surface area contributed by atoms with Gasteiger partial charge < -0.3 is 15.0 Å². The van der Waals surface area contributed by atoms with E-state index in [2.05, 4.69) is 5.32 Å². The number of halogens is 2. The van der Waals surface area contributed by atoms with Crippen LogP contribution in [0.4, 0.5) is 8.78 Å². The van der Waals surface area contributed by atoms with Gasteiger partial charge in [-0.1, -0.05) is 6.92 Å². The van der Waals surface area contributed by atoms with E-state index in [1.807, 2.05) is 6.92 Å². The van der Waals surface area contributed by atoms with Crippen molar-refractivity contribution in [1.29, 1.82) is 0 Å². The smallest absolute Gasteiger partial charge is 0.255 e. The largest absolute Gasteiger partial charge is 0.383 e. The molecule has 6 heteroatoms.